The van der Waals surface area contributed by atoms with Gasteiger partial charge in [-0.25, -0.2) is 9.59 Å². The molecule has 1 unspecified atom stereocenters. The van der Waals surface area contributed by atoms with Crippen LogP contribution >= 0.6 is 0 Å². The highest BCUT2D eigenvalue weighted by atomic mass is 19.4. The first-order valence-corrected chi connectivity index (χ1v) is 16.4. The van der Waals surface area contributed by atoms with E-state index in [0.717, 1.165) is 26.2 Å². The van der Waals surface area contributed by atoms with Crippen LogP contribution in [0.3, 0.4) is 0 Å². The summed E-state index contributed by atoms with van der Waals surface area (Å²) in [6, 6.07) is 27.1. The quantitative estimate of drug-likeness (QED) is 0.222. The fourth-order valence-electron chi connectivity index (χ4n) is 6.54. The maximum absolute atomic E-state index is 13.8. The van der Waals surface area contributed by atoms with E-state index in [0.29, 0.717) is 17.9 Å². The fourth-order valence-corrected chi connectivity index (χ4v) is 6.54. The summed E-state index contributed by atoms with van der Waals surface area (Å²) in [5.74, 6) is -2.54. The molecule has 0 amide bonds. The number of dihydropyridines is 1. The summed E-state index contributed by atoms with van der Waals surface area (Å²) >= 11 is 0. The third-order valence-corrected chi connectivity index (χ3v) is 8.74. The Balaban J connectivity index is 1.29. The number of para-hydroxylation sites is 1. The summed E-state index contributed by atoms with van der Waals surface area (Å²) in [6.07, 6.45) is -4.58. The van der Waals surface area contributed by atoms with E-state index < -0.39 is 30.6 Å². The van der Waals surface area contributed by atoms with Gasteiger partial charge in [0.2, 0.25) is 0 Å². The molecule has 1 atom stereocenters. The van der Waals surface area contributed by atoms with Crippen LogP contribution in [0, 0.1) is 0 Å². The Morgan fingerprint density at radius 3 is 1.88 bits per heavy atom. The molecule has 2 heterocycles. The molecule has 3 aromatic rings. The number of nitrogens with one attached hydrogen (secondary N) is 1. The van der Waals surface area contributed by atoms with E-state index in [1.54, 1.807) is 32.9 Å². The number of benzene rings is 3. The van der Waals surface area contributed by atoms with Gasteiger partial charge in [0.1, 0.15) is 12.4 Å². The number of allylic oxidation sites excluding steroid dienone is 2. The minimum absolute atomic E-state index is 0.0712. The molecule has 3 aromatic carbocycles. The topological polar surface area (TPSA) is 80.3 Å². The monoisotopic (exact) mass is 677 g/mol. The van der Waals surface area contributed by atoms with E-state index in [-0.39, 0.29) is 41.7 Å². The maximum Gasteiger partial charge on any atom is 0.422 e. The van der Waals surface area contributed by atoms with Crippen molar-refractivity contribution in [3.8, 4) is 5.75 Å². The zero-order chi connectivity index (χ0) is 35.0. The first-order valence-electron chi connectivity index (χ1n) is 16.4. The van der Waals surface area contributed by atoms with Gasteiger partial charge in [0, 0.05) is 49.7 Å². The van der Waals surface area contributed by atoms with Gasteiger partial charge in [-0.15, -0.1) is 0 Å². The van der Waals surface area contributed by atoms with Gasteiger partial charge in [0.25, 0.3) is 0 Å². The van der Waals surface area contributed by atoms with Gasteiger partial charge in [-0.05, 0) is 38.0 Å². The van der Waals surface area contributed by atoms with Crippen LogP contribution in [-0.4, -0.2) is 80.5 Å². The van der Waals surface area contributed by atoms with Crippen molar-refractivity contribution in [1.82, 2.24) is 15.1 Å². The largest absolute Gasteiger partial charge is 0.484 e. The Bertz CT molecular complexity index is 1610. The lowest BCUT2D eigenvalue weighted by atomic mass is 9.80. The van der Waals surface area contributed by atoms with Gasteiger partial charge >= 0.3 is 18.1 Å². The lowest BCUT2D eigenvalue weighted by molar-refractivity contribution is -0.153. The third kappa shape index (κ3) is 8.90. The van der Waals surface area contributed by atoms with Crippen molar-refractivity contribution in [1.29, 1.82) is 0 Å². The van der Waals surface area contributed by atoms with Gasteiger partial charge in [0.15, 0.2) is 6.61 Å². The van der Waals surface area contributed by atoms with Crippen LogP contribution in [-0.2, 0) is 19.1 Å². The molecule has 1 saturated heterocycles. The van der Waals surface area contributed by atoms with Gasteiger partial charge < -0.3 is 19.5 Å². The zero-order valence-corrected chi connectivity index (χ0v) is 28.0. The van der Waals surface area contributed by atoms with Gasteiger partial charge in [0.05, 0.1) is 29.7 Å². The van der Waals surface area contributed by atoms with Crippen LogP contribution in [0.1, 0.15) is 49.4 Å². The third-order valence-electron chi connectivity index (χ3n) is 8.74. The van der Waals surface area contributed by atoms with Crippen LogP contribution in [0.15, 0.2) is 107 Å². The lowest BCUT2D eigenvalue weighted by Crippen LogP contribution is -2.48. The molecule has 1 fully saturated rings. The highest BCUT2D eigenvalue weighted by Gasteiger charge is 2.40. The molecule has 0 saturated carbocycles. The number of piperazine rings is 1. The van der Waals surface area contributed by atoms with E-state index in [1.165, 1.54) is 23.3 Å². The molecular formula is C38H42F3N3O5. The minimum Gasteiger partial charge on any atom is -0.484 e. The van der Waals surface area contributed by atoms with Crippen LogP contribution in [0.4, 0.5) is 13.2 Å². The van der Waals surface area contributed by atoms with Gasteiger partial charge in [-0.3, -0.25) is 9.80 Å². The highest BCUT2D eigenvalue weighted by Crippen LogP contribution is 2.43. The molecule has 0 bridgehead atoms. The average molecular weight is 678 g/mol. The lowest BCUT2D eigenvalue weighted by Gasteiger charge is -2.39. The standard InChI is InChI=1S/C38H42F3N3O5/c1-4-47-36(45)32-26(2)42-27(3)33(34(32)30-17-11-12-18-31(30)49-25-38(39,40)41)37(46)48-24-23-43-19-21-44(22-20-43)35(28-13-7-5-8-14-28)29-15-9-6-10-16-29/h5-18,34-35,42H,4,19-25H2,1-3H3. The smallest absolute Gasteiger partial charge is 0.422 e. The van der Waals surface area contributed by atoms with E-state index in [1.807, 2.05) is 12.1 Å². The summed E-state index contributed by atoms with van der Waals surface area (Å²) < 4.78 is 55.8. The number of carbonyl (C=O) groups excluding carboxylic acids is 2. The van der Waals surface area contributed by atoms with Gasteiger partial charge in [-0.1, -0.05) is 78.9 Å². The highest BCUT2D eigenvalue weighted by molar-refractivity contribution is 6.00. The number of hydrogen-bond acceptors (Lipinski definition) is 8. The normalized spacial score (nSPS) is 17.6. The number of ether oxygens (including phenoxy) is 3. The summed E-state index contributed by atoms with van der Waals surface area (Å²) in [5.41, 5.74) is 3.74. The predicted octanol–water partition coefficient (Wildman–Crippen LogP) is 6.38. The number of alkyl halides is 3. The summed E-state index contributed by atoms with van der Waals surface area (Å²) in [5, 5.41) is 3.08. The first-order chi connectivity index (χ1) is 23.6. The molecular weight excluding hydrogens is 635 g/mol. The van der Waals surface area contributed by atoms with Crippen LogP contribution in [0.5, 0.6) is 5.75 Å². The molecule has 49 heavy (non-hydrogen) atoms. The Morgan fingerprint density at radius 1 is 0.796 bits per heavy atom. The Kier molecular flexibility index (Phi) is 11.8. The summed E-state index contributed by atoms with van der Waals surface area (Å²) in [4.78, 5) is 31.8. The average Bonchev–Trinajstić information content (AvgIpc) is 3.08. The fraction of sp³-hybridized carbons (Fsp3) is 0.368. The Morgan fingerprint density at radius 2 is 1.33 bits per heavy atom. The number of carbonyl (C=O) groups is 2. The van der Waals surface area contributed by atoms with E-state index in [4.69, 9.17) is 14.2 Å². The van der Waals surface area contributed by atoms with Crippen molar-refractivity contribution in [3.63, 3.8) is 0 Å². The molecule has 11 heteroatoms. The van der Waals surface area contributed by atoms with E-state index >= 15 is 0 Å². The van der Waals surface area contributed by atoms with Crippen molar-refractivity contribution in [2.24, 2.45) is 0 Å². The van der Waals surface area contributed by atoms with Crippen molar-refractivity contribution < 1.29 is 37.0 Å². The molecule has 0 aliphatic carbocycles. The number of halogens is 3. The number of rotatable bonds is 12. The molecule has 8 nitrogen and oxygen atoms in total. The van der Waals surface area contributed by atoms with Crippen molar-refractivity contribution in [2.45, 2.75) is 38.9 Å². The second kappa shape index (κ2) is 16.2. The van der Waals surface area contributed by atoms with Crippen molar-refractivity contribution in [2.75, 3.05) is 52.5 Å². The number of hydrogen-bond donors (Lipinski definition) is 1. The zero-order valence-electron chi connectivity index (χ0n) is 28.0. The van der Waals surface area contributed by atoms with Crippen molar-refractivity contribution >= 4 is 11.9 Å². The maximum atomic E-state index is 13.8. The van der Waals surface area contributed by atoms with Crippen LogP contribution in [0.2, 0.25) is 0 Å². The minimum atomic E-state index is -4.58. The van der Waals surface area contributed by atoms with Gasteiger partial charge in [-0.2, -0.15) is 13.2 Å². The molecule has 2 aliphatic rings. The molecule has 5 rings (SSSR count). The van der Waals surface area contributed by atoms with Crippen LogP contribution in [0.25, 0.3) is 0 Å². The molecule has 0 spiro atoms. The van der Waals surface area contributed by atoms with Crippen molar-refractivity contribution in [3.05, 3.63) is 124 Å². The SMILES string of the molecule is CCOC(=O)C1=C(C)NC(C)=C(C(=O)OCCN2CCN(C(c3ccccc3)c3ccccc3)CC2)C1c1ccccc1OCC(F)(F)F. The molecule has 1 N–H and O–H groups in total. The Labute approximate surface area is 285 Å². The Hall–Kier alpha value is -4.61. The van der Waals surface area contributed by atoms with E-state index in [2.05, 4.69) is 63.6 Å². The van der Waals surface area contributed by atoms with E-state index in [9.17, 15) is 22.8 Å². The molecule has 2 aliphatic heterocycles. The predicted molar refractivity (Wildman–Crippen MR) is 180 cm³/mol. The molecule has 260 valence electrons. The first kappa shape index (κ1) is 35.7. The second-order valence-electron chi connectivity index (χ2n) is 12.0. The number of nitrogens with zero attached hydrogens (tertiary/aromatic N) is 2. The van der Waals surface area contributed by atoms with Crippen LogP contribution < -0.4 is 10.1 Å². The second-order valence-corrected chi connectivity index (χ2v) is 12.0. The molecule has 0 radical (unpaired) electrons. The summed E-state index contributed by atoms with van der Waals surface area (Å²) in [7, 11) is 0. The molecule has 0 aromatic heterocycles. The number of esters is 2. The summed E-state index contributed by atoms with van der Waals surface area (Å²) in [6.45, 7) is 7.30.